The predicted molar refractivity (Wildman–Crippen MR) is 103 cm³/mol. The third-order valence-corrected chi connectivity index (χ3v) is 5.11. The minimum atomic E-state index is -1.74. The number of nitrogens with one attached hydrogen (secondary N) is 1. The van der Waals surface area contributed by atoms with Gasteiger partial charge in [0.1, 0.15) is 48.8 Å². The topological polar surface area (TPSA) is 236 Å². The fourth-order valence-corrected chi connectivity index (χ4v) is 3.48. The fourth-order valence-electron chi connectivity index (χ4n) is 3.48. The maximum Gasteiger partial charge on any atom is 0.217 e. The summed E-state index contributed by atoms with van der Waals surface area (Å²) in [5, 5.41) is 65.8. The van der Waals surface area contributed by atoms with Gasteiger partial charge in [-0.05, 0) is 12.0 Å². The molecule has 0 bridgehead atoms. The van der Waals surface area contributed by atoms with Crippen LogP contribution in [0, 0.1) is 0 Å². The van der Waals surface area contributed by atoms with E-state index in [9.17, 15) is 35.4 Å². The molecule has 2 saturated heterocycles. The Hall–Kier alpha value is -1.62. The lowest BCUT2D eigenvalue weighted by atomic mass is 9.95. The minimum Gasteiger partial charge on any atom is -0.394 e. The Bertz CT molecular complexity index is 650. The van der Waals surface area contributed by atoms with Crippen LogP contribution in [0.3, 0.4) is 0 Å². The van der Waals surface area contributed by atoms with E-state index in [1.807, 2.05) is 0 Å². The SMILES string of the molecule is CC(=O)N[C@H]1[C@H](OCCCN=[N+]=[N-])O[C@H](CO)[C@@H](O[C@@H]2O[C@H](CO)[C@H](O)[C@H](O)[C@H]2O)[C@@H]1O. The number of amides is 1. The van der Waals surface area contributed by atoms with Crippen molar-refractivity contribution in [3.8, 4) is 0 Å². The molecule has 0 unspecified atom stereocenters. The summed E-state index contributed by atoms with van der Waals surface area (Å²) in [6.45, 7) is 0.0888. The molecule has 0 aromatic carbocycles. The van der Waals surface area contributed by atoms with Gasteiger partial charge >= 0.3 is 0 Å². The Morgan fingerprint density at radius 3 is 2.28 bits per heavy atom. The molecule has 32 heavy (non-hydrogen) atoms. The van der Waals surface area contributed by atoms with E-state index in [1.54, 1.807) is 0 Å². The van der Waals surface area contributed by atoms with E-state index < -0.39 is 80.5 Å². The number of rotatable bonds is 10. The number of aliphatic hydroxyl groups excluding tert-OH is 6. The summed E-state index contributed by atoms with van der Waals surface area (Å²) in [5.41, 5.74) is 8.30. The highest BCUT2D eigenvalue weighted by Gasteiger charge is 2.51. The van der Waals surface area contributed by atoms with Crippen molar-refractivity contribution in [2.24, 2.45) is 5.11 Å². The second-order valence-electron chi connectivity index (χ2n) is 7.42. The molecule has 2 fully saturated rings. The van der Waals surface area contributed by atoms with Crippen molar-refractivity contribution >= 4 is 5.91 Å². The first-order valence-electron chi connectivity index (χ1n) is 10.0. The Morgan fingerprint density at radius 1 is 1.03 bits per heavy atom. The van der Waals surface area contributed by atoms with Crippen LogP contribution < -0.4 is 5.32 Å². The van der Waals surface area contributed by atoms with Gasteiger partial charge in [-0.15, -0.1) is 0 Å². The molecule has 2 aliphatic rings. The van der Waals surface area contributed by atoms with Crippen molar-refractivity contribution in [1.29, 1.82) is 0 Å². The summed E-state index contributed by atoms with van der Waals surface area (Å²) in [6, 6.07) is -1.15. The lowest BCUT2D eigenvalue weighted by Crippen LogP contribution is -2.67. The van der Waals surface area contributed by atoms with E-state index in [-0.39, 0.29) is 13.2 Å². The van der Waals surface area contributed by atoms with Gasteiger partial charge in [-0.1, -0.05) is 5.11 Å². The molecule has 2 heterocycles. The van der Waals surface area contributed by atoms with Crippen molar-refractivity contribution in [2.75, 3.05) is 26.4 Å². The number of hydrogen-bond acceptors (Lipinski definition) is 12. The number of aliphatic hydroxyl groups is 6. The number of carbonyl (C=O) groups is 1. The molecule has 7 N–H and O–H groups in total. The first kappa shape index (κ1) is 26.6. The fraction of sp³-hybridized carbons (Fsp3) is 0.941. The Kier molecular flexibility index (Phi) is 10.5. The van der Waals surface area contributed by atoms with Gasteiger partial charge in [0.15, 0.2) is 12.6 Å². The van der Waals surface area contributed by atoms with Crippen molar-refractivity contribution in [1.82, 2.24) is 5.32 Å². The highest BCUT2D eigenvalue weighted by atomic mass is 16.7. The summed E-state index contributed by atoms with van der Waals surface area (Å²) in [7, 11) is 0. The van der Waals surface area contributed by atoms with Crippen LogP contribution in [0.1, 0.15) is 13.3 Å². The van der Waals surface area contributed by atoms with Crippen LogP contribution in [0.25, 0.3) is 10.4 Å². The minimum absolute atomic E-state index is 0.0584. The van der Waals surface area contributed by atoms with Gasteiger partial charge in [0.25, 0.3) is 0 Å². The normalized spacial score (nSPS) is 39.8. The molecular formula is C17H30N4O11. The highest BCUT2D eigenvalue weighted by molar-refractivity contribution is 5.73. The molecule has 1 amide bonds. The summed E-state index contributed by atoms with van der Waals surface area (Å²) < 4.78 is 22.0. The lowest BCUT2D eigenvalue weighted by molar-refractivity contribution is -0.348. The van der Waals surface area contributed by atoms with Crippen LogP contribution in [0.15, 0.2) is 5.11 Å². The van der Waals surface area contributed by atoms with Crippen LogP contribution in [0.2, 0.25) is 0 Å². The van der Waals surface area contributed by atoms with E-state index in [0.717, 1.165) is 0 Å². The van der Waals surface area contributed by atoms with Crippen LogP contribution in [-0.4, -0.2) is 124 Å². The number of azide groups is 1. The Labute approximate surface area is 183 Å². The summed E-state index contributed by atoms with van der Waals surface area (Å²) >= 11 is 0. The van der Waals surface area contributed by atoms with Gasteiger partial charge in [-0.3, -0.25) is 4.79 Å². The zero-order valence-electron chi connectivity index (χ0n) is 17.4. The number of nitrogens with zero attached hydrogens (tertiary/aromatic N) is 3. The largest absolute Gasteiger partial charge is 0.394 e. The number of hydrogen-bond donors (Lipinski definition) is 7. The van der Waals surface area contributed by atoms with Gasteiger partial charge in [0.05, 0.1) is 13.2 Å². The molecule has 2 rings (SSSR count). The highest BCUT2D eigenvalue weighted by Crippen LogP contribution is 2.29. The first-order valence-corrected chi connectivity index (χ1v) is 10.0. The van der Waals surface area contributed by atoms with Crippen LogP contribution in [0.4, 0.5) is 0 Å². The van der Waals surface area contributed by atoms with Gasteiger partial charge in [0.2, 0.25) is 5.91 Å². The third-order valence-electron chi connectivity index (χ3n) is 5.11. The molecule has 15 nitrogen and oxygen atoms in total. The van der Waals surface area contributed by atoms with Gasteiger partial charge in [-0.2, -0.15) is 0 Å². The number of carbonyl (C=O) groups excluding carboxylic acids is 1. The molecule has 0 saturated carbocycles. The smallest absolute Gasteiger partial charge is 0.217 e. The van der Waals surface area contributed by atoms with Crippen LogP contribution in [-0.2, 0) is 23.7 Å². The molecule has 0 aromatic rings. The maximum atomic E-state index is 11.6. The molecule has 0 aliphatic carbocycles. The van der Waals surface area contributed by atoms with E-state index >= 15 is 0 Å². The molecule has 0 aromatic heterocycles. The van der Waals surface area contributed by atoms with Crippen LogP contribution in [0.5, 0.6) is 0 Å². The molecule has 0 spiro atoms. The van der Waals surface area contributed by atoms with Crippen LogP contribution >= 0.6 is 0 Å². The van der Waals surface area contributed by atoms with Crippen molar-refractivity contribution in [3.05, 3.63) is 10.4 Å². The van der Waals surface area contributed by atoms with E-state index in [0.29, 0.717) is 6.42 Å². The average molecular weight is 466 g/mol. The average Bonchev–Trinajstić information content (AvgIpc) is 2.77. The van der Waals surface area contributed by atoms with E-state index in [1.165, 1.54) is 6.92 Å². The van der Waals surface area contributed by atoms with Crippen molar-refractivity contribution < 1.29 is 54.4 Å². The third kappa shape index (κ3) is 6.46. The Balaban J connectivity index is 2.14. The standard InChI is InChI=1S/C17H30N4O11/c1-7(24)20-10-12(26)15(9(6-23)31-16(10)29-4-2-3-19-21-18)32-17-14(28)13(27)11(25)8(5-22)30-17/h8-17,22-23,25-28H,2-6H2,1H3,(H,20,24)/t8-,9-,10-,11+,12-,13+,14-,15-,16-,17+/m1/s1. The monoisotopic (exact) mass is 466 g/mol. The van der Waals surface area contributed by atoms with Crippen molar-refractivity contribution in [3.63, 3.8) is 0 Å². The molecule has 10 atom stereocenters. The Morgan fingerprint density at radius 2 is 1.69 bits per heavy atom. The predicted octanol–water partition coefficient (Wildman–Crippen LogP) is -3.53. The van der Waals surface area contributed by atoms with Crippen molar-refractivity contribution in [2.45, 2.75) is 74.7 Å². The van der Waals surface area contributed by atoms with Gasteiger partial charge in [0, 0.05) is 25.0 Å². The van der Waals surface area contributed by atoms with Gasteiger partial charge in [-0.25, -0.2) is 0 Å². The molecule has 2 aliphatic heterocycles. The zero-order valence-corrected chi connectivity index (χ0v) is 17.4. The zero-order chi connectivity index (χ0) is 23.8. The lowest BCUT2D eigenvalue weighted by Gasteiger charge is -2.47. The van der Waals surface area contributed by atoms with Gasteiger partial charge < -0.3 is 54.9 Å². The summed E-state index contributed by atoms with van der Waals surface area (Å²) in [6.07, 6.45) is -12.8. The number of ether oxygens (including phenoxy) is 4. The summed E-state index contributed by atoms with van der Waals surface area (Å²) in [4.78, 5) is 14.3. The van der Waals surface area contributed by atoms with E-state index in [4.69, 9.17) is 24.5 Å². The molecule has 184 valence electrons. The first-order chi connectivity index (χ1) is 15.2. The maximum absolute atomic E-state index is 11.6. The molecular weight excluding hydrogens is 436 g/mol. The molecule has 0 radical (unpaired) electrons. The van der Waals surface area contributed by atoms with E-state index in [2.05, 4.69) is 15.3 Å². The second kappa shape index (κ2) is 12.6. The summed E-state index contributed by atoms with van der Waals surface area (Å²) in [5.74, 6) is -0.519. The quantitative estimate of drug-likeness (QED) is 0.0720. The second-order valence-corrected chi connectivity index (χ2v) is 7.42. The molecule has 15 heteroatoms.